The molecule has 0 saturated heterocycles. The van der Waals surface area contributed by atoms with Crippen LogP contribution in [-0.2, 0) is 0 Å². The molecule has 1 saturated carbocycles. The minimum atomic E-state index is -1.17. The van der Waals surface area contributed by atoms with Crippen molar-refractivity contribution in [3.05, 3.63) is 35.4 Å². The monoisotopic (exact) mass is 269 g/mol. The zero-order valence-electron chi connectivity index (χ0n) is 11.0. The average Bonchev–Trinajstić information content (AvgIpc) is 2.64. The van der Waals surface area contributed by atoms with Crippen LogP contribution in [-0.4, -0.2) is 11.7 Å². The molecule has 2 nitrogen and oxygen atoms in total. The van der Waals surface area contributed by atoms with E-state index >= 15 is 0 Å². The Morgan fingerprint density at radius 3 is 2.11 bits per heavy atom. The molecule has 0 amide bonds. The van der Waals surface area contributed by atoms with Gasteiger partial charge in [-0.15, -0.1) is 0 Å². The number of aliphatic hydroxyl groups is 1. The van der Waals surface area contributed by atoms with Gasteiger partial charge in [-0.25, -0.2) is 8.78 Å². The zero-order valence-corrected chi connectivity index (χ0v) is 11.0. The molecule has 1 aliphatic carbocycles. The molecule has 0 aliphatic heterocycles. The summed E-state index contributed by atoms with van der Waals surface area (Å²) in [6, 6.07) is 3.67. The standard InChI is InChI=1S/C15H21F2NO/c16-11-6-5-7-12(17)13(11)14(19)15(10-18)8-3-1-2-4-9-15/h5-7,14,19H,1-4,8-10,18H2. The Kier molecular flexibility index (Phi) is 4.53. The lowest BCUT2D eigenvalue weighted by atomic mass is 9.73. The van der Waals surface area contributed by atoms with Gasteiger partial charge in [-0.1, -0.05) is 31.7 Å². The third kappa shape index (κ3) is 2.79. The van der Waals surface area contributed by atoms with E-state index in [-0.39, 0.29) is 12.1 Å². The van der Waals surface area contributed by atoms with Gasteiger partial charge < -0.3 is 10.8 Å². The highest BCUT2D eigenvalue weighted by atomic mass is 19.1. The van der Waals surface area contributed by atoms with E-state index in [0.717, 1.165) is 38.5 Å². The molecule has 0 heterocycles. The predicted molar refractivity (Wildman–Crippen MR) is 70.5 cm³/mol. The topological polar surface area (TPSA) is 46.2 Å². The molecule has 0 radical (unpaired) electrons. The van der Waals surface area contributed by atoms with Crippen molar-refractivity contribution in [2.45, 2.75) is 44.6 Å². The van der Waals surface area contributed by atoms with Crippen molar-refractivity contribution in [3.8, 4) is 0 Å². The van der Waals surface area contributed by atoms with E-state index in [1.165, 1.54) is 18.2 Å². The highest BCUT2D eigenvalue weighted by Crippen LogP contribution is 2.45. The summed E-state index contributed by atoms with van der Waals surface area (Å²) in [5, 5.41) is 10.5. The largest absolute Gasteiger partial charge is 0.388 e. The third-order valence-corrected chi connectivity index (χ3v) is 4.36. The van der Waals surface area contributed by atoms with Gasteiger partial charge in [-0.05, 0) is 25.0 Å². The second-order valence-electron chi connectivity index (χ2n) is 5.52. The van der Waals surface area contributed by atoms with Crippen LogP contribution in [0.5, 0.6) is 0 Å². The second kappa shape index (κ2) is 5.97. The Balaban J connectivity index is 2.36. The SMILES string of the molecule is NCC1(C(O)c2c(F)cccc2F)CCCCCC1. The fraction of sp³-hybridized carbons (Fsp3) is 0.600. The van der Waals surface area contributed by atoms with Gasteiger partial charge in [0, 0.05) is 12.0 Å². The molecule has 0 aromatic heterocycles. The highest BCUT2D eigenvalue weighted by Gasteiger charge is 2.40. The fourth-order valence-corrected chi connectivity index (χ4v) is 3.10. The van der Waals surface area contributed by atoms with Gasteiger partial charge in [-0.3, -0.25) is 0 Å². The Labute approximate surface area is 112 Å². The van der Waals surface area contributed by atoms with E-state index in [1.807, 2.05) is 0 Å². The van der Waals surface area contributed by atoms with E-state index in [9.17, 15) is 13.9 Å². The summed E-state index contributed by atoms with van der Waals surface area (Å²) < 4.78 is 27.6. The molecule has 106 valence electrons. The van der Waals surface area contributed by atoms with Crippen molar-refractivity contribution in [2.24, 2.45) is 11.1 Å². The van der Waals surface area contributed by atoms with Gasteiger partial charge in [-0.2, -0.15) is 0 Å². The van der Waals surface area contributed by atoms with E-state index in [1.54, 1.807) is 0 Å². The number of aliphatic hydroxyl groups excluding tert-OH is 1. The first-order chi connectivity index (χ1) is 9.10. The van der Waals surface area contributed by atoms with E-state index in [0.29, 0.717) is 0 Å². The molecule has 19 heavy (non-hydrogen) atoms. The Bertz CT molecular complexity index is 408. The third-order valence-electron chi connectivity index (χ3n) is 4.36. The summed E-state index contributed by atoms with van der Waals surface area (Å²) in [4.78, 5) is 0. The molecule has 2 rings (SSSR count). The number of halogens is 2. The normalized spacial score (nSPS) is 20.8. The van der Waals surface area contributed by atoms with Crippen LogP contribution in [0.3, 0.4) is 0 Å². The molecule has 3 N–H and O–H groups in total. The number of hydrogen-bond acceptors (Lipinski definition) is 2. The van der Waals surface area contributed by atoms with Gasteiger partial charge in [0.25, 0.3) is 0 Å². The summed E-state index contributed by atoms with van der Waals surface area (Å²) in [7, 11) is 0. The summed E-state index contributed by atoms with van der Waals surface area (Å²) in [6.07, 6.45) is 4.35. The van der Waals surface area contributed by atoms with Crippen LogP contribution in [0.15, 0.2) is 18.2 Å². The number of benzene rings is 1. The Hall–Kier alpha value is -1.00. The number of nitrogens with two attached hydrogens (primary N) is 1. The van der Waals surface area contributed by atoms with Gasteiger partial charge in [0.15, 0.2) is 0 Å². The molecular weight excluding hydrogens is 248 g/mol. The van der Waals surface area contributed by atoms with Crippen molar-refractivity contribution >= 4 is 0 Å². The minimum Gasteiger partial charge on any atom is -0.388 e. The first-order valence-corrected chi connectivity index (χ1v) is 6.93. The first kappa shape index (κ1) is 14.4. The molecule has 4 heteroatoms. The highest BCUT2D eigenvalue weighted by molar-refractivity contribution is 5.24. The molecule has 1 atom stereocenters. The lowest BCUT2D eigenvalue weighted by Crippen LogP contribution is -2.37. The number of rotatable bonds is 3. The second-order valence-corrected chi connectivity index (χ2v) is 5.52. The molecule has 0 bridgehead atoms. The van der Waals surface area contributed by atoms with Crippen molar-refractivity contribution < 1.29 is 13.9 Å². The van der Waals surface area contributed by atoms with Crippen LogP contribution in [0, 0.1) is 17.0 Å². The average molecular weight is 269 g/mol. The van der Waals surface area contributed by atoms with Crippen molar-refractivity contribution in [2.75, 3.05) is 6.54 Å². The molecule has 1 aromatic rings. The maximum Gasteiger partial charge on any atom is 0.131 e. The first-order valence-electron chi connectivity index (χ1n) is 6.93. The quantitative estimate of drug-likeness (QED) is 0.827. The zero-order chi connectivity index (χ0) is 13.9. The Morgan fingerprint density at radius 1 is 1.11 bits per heavy atom. The van der Waals surface area contributed by atoms with Crippen LogP contribution in [0.2, 0.25) is 0 Å². The van der Waals surface area contributed by atoms with Crippen LogP contribution >= 0.6 is 0 Å². The Morgan fingerprint density at radius 2 is 1.63 bits per heavy atom. The molecular formula is C15H21F2NO. The van der Waals surface area contributed by atoms with E-state index < -0.39 is 23.2 Å². The van der Waals surface area contributed by atoms with Crippen molar-refractivity contribution in [1.29, 1.82) is 0 Å². The van der Waals surface area contributed by atoms with Crippen LogP contribution in [0.1, 0.15) is 50.2 Å². The summed E-state index contributed by atoms with van der Waals surface area (Å²) in [6.45, 7) is 0.252. The smallest absolute Gasteiger partial charge is 0.131 e. The lowest BCUT2D eigenvalue weighted by molar-refractivity contribution is 0.0115. The summed E-state index contributed by atoms with van der Waals surface area (Å²) in [5.41, 5.74) is 5.02. The molecule has 1 aliphatic rings. The maximum absolute atomic E-state index is 13.8. The summed E-state index contributed by atoms with van der Waals surface area (Å²) in [5.74, 6) is -1.38. The number of hydrogen-bond donors (Lipinski definition) is 2. The van der Waals surface area contributed by atoms with Gasteiger partial charge in [0.1, 0.15) is 11.6 Å². The van der Waals surface area contributed by atoms with Crippen LogP contribution < -0.4 is 5.73 Å². The van der Waals surface area contributed by atoms with Gasteiger partial charge >= 0.3 is 0 Å². The molecule has 1 aromatic carbocycles. The van der Waals surface area contributed by atoms with E-state index in [2.05, 4.69) is 0 Å². The lowest BCUT2D eigenvalue weighted by Gasteiger charge is -2.36. The van der Waals surface area contributed by atoms with Crippen LogP contribution in [0.25, 0.3) is 0 Å². The molecule has 1 unspecified atom stereocenters. The van der Waals surface area contributed by atoms with Crippen molar-refractivity contribution in [3.63, 3.8) is 0 Å². The fourth-order valence-electron chi connectivity index (χ4n) is 3.10. The molecule has 1 fully saturated rings. The summed E-state index contributed by atoms with van der Waals surface area (Å²) >= 11 is 0. The molecule has 0 spiro atoms. The predicted octanol–water partition coefficient (Wildman–Crippen LogP) is 3.30. The van der Waals surface area contributed by atoms with Crippen LogP contribution in [0.4, 0.5) is 8.78 Å². The van der Waals surface area contributed by atoms with Gasteiger partial charge in [0.2, 0.25) is 0 Å². The van der Waals surface area contributed by atoms with E-state index in [4.69, 9.17) is 5.73 Å². The maximum atomic E-state index is 13.8. The van der Waals surface area contributed by atoms with Crippen molar-refractivity contribution in [1.82, 2.24) is 0 Å². The van der Waals surface area contributed by atoms with Gasteiger partial charge in [0.05, 0.1) is 11.7 Å². The minimum absolute atomic E-state index is 0.227.